The maximum absolute atomic E-state index is 13.0. The Bertz CT molecular complexity index is 725. The van der Waals surface area contributed by atoms with Crippen molar-refractivity contribution < 1.29 is 13.2 Å². The molecule has 0 aliphatic rings. The first-order chi connectivity index (χ1) is 9.20. The molecule has 1 aromatic carbocycles. The van der Waals surface area contributed by atoms with Crippen LogP contribution >= 0.6 is 15.9 Å². The highest BCUT2D eigenvalue weighted by Gasteiger charge is 2.34. The molecule has 0 radical (unpaired) electrons. The molecule has 2 rings (SSSR count). The van der Waals surface area contributed by atoms with E-state index in [1.807, 2.05) is 0 Å². The van der Waals surface area contributed by atoms with Crippen LogP contribution in [0.4, 0.5) is 19.0 Å². The first-order valence-corrected chi connectivity index (χ1v) is 6.23. The smallest absolute Gasteiger partial charge is 0.383 e. The number of nitrogens with one attached hydrogen (secondary N) is 1. The second-order valence-corrected chi connectivity index (χ2v) is 5.03. The monoisotopic (exact) mass is 347 g/mol. The van der Waals surface area contributed by atoms with Crippen molar-refractivity contribution in [2.45, 2.75) is 13.1 Å². The topological polar surface area (TPSA) is 71.8 Å². The quantitative estimate of drug-likeness (QED) is 0.832. The van der Waals surface area contributed by atoms with E-state index >= 15 is 0 Å². The van der Waals surface area contributed by atoms with Crippen LogP contribution < -0.4 is 11.3 Å². The van der Waals surface area contributed by atoms with Crippen LogP contribution in [0.3, 0.4) is 0 Å². The molecule has 3 N–H and O–H groups in total. The molecule has 8 heteroatoms. The minimum Gasteiger partial charge on any atom is -0.383 e. The molecular formula is C12H9BrF3N3O. The summed E-state index contributed by atoms with van der Waals surface area (Å²) in [6.07, 6.45) is -4.57. The van der Waals surface area contributed by atoms with Gasteiger partial charge in [0.2, 0.25) is 0 Å². The third kappa shape index (κ3) is 2.69. The fraction of sp³-hybridized carbons (Fsp3) is 0.167. The lowest BCUT2D eigenvalue weighted by Gasteiger charge is -2.13. The number of aromatic nitrogens is 2. The van der Waals surface area contributed by atoms with Gasteiger partial charge >= 0.3 is 6.18 Å². The van der Waals surface area contributed by atoms with Gasteiger partial charge in [0.1, 0.15) is 11.6 Å². The molecular weight excluding hydrogens is 339 g/mol. The van der Waals surface area contributed by atoms with Crippen molar-refractivity contribution in [2.75, 3.05) is 5.73 Å². The summed E-state index contributed by atoms with van der Waals surface area (Å²) < 4.78 is 39.3. The van der Waals surface area contributed by atoms with E-state index in [1.54, 1.807) is 0 Å². The average Bonchev–Trinajstić information content (AvgIpc) is 2.34. The van der Waals surface area contributed by atoms with Gasteiger partial charge in [-0.05, 0) is 25.1 Å². The van der Waals surface area contributed by atoms with E-state index in [0.29, 0.717) is 0 Å². The zero-order valence-electron chi connectivity index (χ0n) is 10.2. The third-order valence-corrected chi connectivity index (χ3v) is 3.22. The first-order valence-electron chi connectivity index (χ1n) is 5.43. The minimum atomic E-state index is -4.57. The zero-order chi connectivity index (χ0) is 15.1. The van der Waals surface area contributed by atoms with Crippen LogP contribution in [-0.2, 0) is 6.18 Å². The van der Waals surface area contributed by atoms with Crippen molar-refractivity contribution in [3.8, 4) is 11.4 Å². The largest absolute Gasteiger partial charge is 0.417 e. The number of nitrogens with zero attached hydrogens (tertiary/aromatic N) is 1. The number of rotatable bonds is 1. The van der Waals surface area contributed by atoms with Crippen LogP contribution in [0.15, 0.2) is 27.5 Å². The van der Waals surface area contributed by atoms with Crippen LogP contribution in [0, 0.1) is 6.92 Å². The summed E-state index contributed by atoms with van der Waals surface area (Å²) in [5, 5.41) is 0. The molecule has 0 saturated heterocycles. The highest BCUT2D eigenvalue weighted by atomic mass is 79.9. The number of hydrogen-bond donors (Lipinski definition) is 2. The van der Waals surface area contributed by atoms with E-state index < -0.39 is 17.3 Å². The van der Waals surface area contributed by atoms with Crippen molar-refractivity contribution in [1.82, 2.24) is 9.97 Å². The number of nitrogens with two attached hydrogens (primary N) is 1. The number of aromatic amines is 1. The Morgan fingerprint density at radius 3 is 2.55 bits per heavy atom. The van der Waals surface area contributed by atoms with Crippen molar-refractivity contribution in [3.05, 3.63) is 44.2 Å². The normalized spacial score (nSPS) is 11.7. The van der Waals surface area contributed by atoms with Gasteiger partial charge < -0.3 is 10.7 Å². The van der Waals surface area contributed by atoms with E-state index in [9.17, 15) is 18.0 Å². The molecule has 106 valence electrons. The van der Waals surface area contributed by atoms with Gasteiger partial charge in [-0.2, -0.15) is 13.2 Å². The minimum absolute atomic E-state index is 0.0974. The van der Waals surface area contributed by atoms with Gasteiger partial charge in [-0.15, -0.1) is 0 Å². The molecule has 0 atom stereocenters. The van der Waals surface area contributed by atoms with Gasteiger partial charge in [0.25, 0.3) is 5.56 Å². The van der Waals surface area contributed by atoms with E-state index in [1.165, 1.54) is 19.1 Å². The summed E-state index contributed by atoms with van der Waals surface area (Å²) >= 11 is 2.98. The Hall–Kier alpha value is -1.83. The molecule has 0 saturated carbocycles. The molecule has 0 fully saturated rings. The fourth-order valence-corrected chi connectivity index (χ4v) is 2.00. The molecule has 0 unspecified atom stereocenters. The van der Waals surface area contributed by atoms with Crippen LogP contribution in [0.1, 0.15) is 11.1 Å². The molecule has 1 aromatic heterocycles. The van der Waals surface area contributed by atoms with Crippen molar-refractivity contribution >= 4 is 21.7 Å². The Labute approximate surface area is 120 Å². The third-order valence-electron chi connectivity index (χ3n) is 2.73. The highest BCUT2D eigenvalue weighted by molar-refractivity contribution is 9.10. The molecule has 0 bridgehead atoms. The number of hydrogen-bond acceptors (Lipinski definition) is 3. The average molecular weight is 348 g/mol. The molecule has 20 heavy (non-hydrogen) atoms. The maximum atomic E-state index is 13.0. The molecule has 1 heterocycles. The summed E-state index contributed by atoms with van der Waals surface area (Å²) in [7, 11) is 0. The lowest BCUT2D eigenvalue weighted by molar-refractivity contribution is -0.137. The summed E-state index contributed by atoms with van der Waals surface area (Å²) in [6, 6.07) is 3.58. The SMILES string of the molecule is Cc1c(N)nc(-c2ccc(Br)cc2C(F)(F)F)[nH]c1=O. The summed E-state index contributed by atoms with van der Waals surface area (Å²) in [4.78, 5) is 17.7. The van der Waals surface area contributed by atoms with Crippen LogP contribution in [0.5, 0.6) is 0 Å². The van der Waals surface area contributed by atoms with E-state index in [-0.39, 0.29) is 27.2 Å². The Morgan fingerprint density at radius 2 is 2.00 bits per heavy atom. The van der Waals surface area contributed by atoms with Gasteiger partial charge in [0, 0.05) is 10.0 Å². The number of alkyl halides is 3. The van der Waals surface area contributed by atoms with Gasteiger partial charge in [-0.25, -0.2) is 4.98 Å². The lowest BCUT2D eigenvalue weighted by Crippen LogP contribution is -2.17. The number of H-pyrrole nitrogens is 1. The predicted octanol–water partition coefficient (Wildman–Crippen LogP) is 3.11. The highest BCUT2D eigenvalue weighted by Crippen LogP contribution is 2.37. The Balaban J connectivity index is 2.74. The summed E-state index contributed by atoms with van der Waals surface area (Å²) in [5.74, 6) is -0.308. The van der Waals surface area contributed by atoms with E-state index in [2.05, 4.69) is 25.9 Å². The van der Waals surface area contributed by atoms with Crippen molar-refractivity contribution in [1.29, 1.82) is 0 Å². The van der Waals surface area contributed by atoms with Crippen molar-refractivity contribution in [3.63, 3.8) is 0 Å². The van der Waals surface area contributed by atoms with Gasteiger partial charge in [0.05, 0.1) is 11.1 Å². The standard InChI is InChI=1S/C12H9BrF3N3O/c1-5-9(17)18-10(19-11(5)20)7-3-2-6(13)4-8(7)12(14,15)16/h2-4H,1H3,(H3,17,18,19,20). The van der Waals surface area contributed by atoms with Crippen LogP contribution in [0.25, 0.3) is 11.4 Å². The van der Waals surface area contributed by atoms with E-state index in [0.717, 1.165) is 6.07 Å². The number of nitrogen functional groups attached to an aromatic ring is 1. The molecule has 0 aliphatic heterocycles. The molecule has 4 nitrogen and oxygen atoms in total. The van der Waals surface area contributed by atoms with Crippen LogP contribution in [-0.4, -0.2) is 9.97 Å². The summed E-state index contributed by atoms with van der Waals surface area (Å²) in [5.41, 5.74) is 3.99. The van der Waals surface area contributed by atoms with Crippen molar-refractivity contribution in [2.24, 2.45) is 0 Å². The van der Waals surface area contributed by atoms with Crippen LogP contribution in [0.2, 0.25) is 0 Å². The molecule has 0 aliphatic carbocycles. The van der Waals surface area contributed by atoms with E-state index in [4.69, 9.17) is 5.73 Å². The number of halogens is 4. The lowest BCUT2D eigenvalue weighted by atomic mass is 10.1. The Kier molecular flexibility index (Phi) is 3.59. The van der Waals surface area contributed by atoms with Gasteiger partial charge in [0.15, 0.2) is 0 Å². The maximum Gasteiger partial charge on any atom is 0.417 e. The molecule has 0 spiro atoms. The fourth-order valence-electron chi connectivity index (χ4n) is 1.63. The first kappa shape index (κ1) is 14.6. The number of anilines is 1. The van der Waals surface area contributed by atoms with Gasteiger partial charge in [-0.3, -0.25) is 4.79 Å². The van der Waals surface area contributed by atoms with Gasteiger partial charge in [-0.1, -0.05) is 15.9 Å². The Morgan fingerprint density at radius 1 is 1.35 bits per heavy atom. The zero-order valence-corrected chi connectivity index (χ0v) is 11.8. The molecule has 0 amide bonds. The number of benzene rings is 1. The predicted molar refractivity (Wildman–Crippen MR) is 72.1 cm³/mol. The summed E-state index contributed by atoms with van der Waals surface area (Å²) in [6.45, 7) is 1.44. The molecule has 2 aromatic rings. The second kappa shape index (κ2) is 4.93. The second-order valence-electron chi connectivity index (χ2n) is 4.11.